The minimum absolute atomic E-state index is 0.0125. The molecule has 0 aliphatic carbocycles. The lowest BCUT2D eigenvalue weighted by Gasteiger charge is -2.38. The van der Waals surface area contributed by atoms with E-state index in [1.807, 2.05) is 17.0 Å². The summed E-state index contributed by atoms with van der Waals surface area (Å²) >= 11 is 0. The number of morpholine rings is 1. The van der Waals surface area contributed by atoms with Crippen LogP contribution in [0.5, 0.6) is 5.75 Å². The van der Waals surface area contributed by atoms with Crippen molar-refractivity contribution in [3.63, 3.8) is 0 Å². The van der Waals surface area contributed by atoms with Gasteiger partial charge in [-0.2, -0.15) is 0 Å². The number of urea groups is 1. The number of hydrogen-bond acceptors (Lipinski definition) is 5. The predicted molar refractivity (Wildman–Crippen MR) is 122 cm³/mol. The summed E-state index contributed by atoms with van der Waals surface area (Å²) in [6.07, 6.45) is 0. The van der Waals surface area contributed by atoms with Crippen molar-refractivity contribution >= 4 is 11.7 Å². The molecule has 31 heavy (non-hydrogen) atoms. The lowest BCUT2D eigenvalue weighted by molar-refractivity contribution is 0.0164. The van der Waals surface area contributed by atoms with Crippen LogP contribution in [0.3, 0.4) is 0 Å². The summed E-state index contributed by atoms with van der Waals surface area (Å²) in [6.45, 7) is 8.71. The highest BCUT2D eigenvalue weighted by molar-refractivity contribution is 5.74. The zero-order valence-electron chi connectivity index (χ0n) is 18.2. The highest BCUT2D eigenvalue weighted by atomic mass is 16.5. The van der Waals surface area contributed by atoms with Crippen LogP contribution in [-0.4, -0.2) is 80.0 Å². The normalized spacial score (nSPS) is 18.6. The molecule has 0 radical (unpaired) electrons. The highest BCUT2D eigenvalue weighted by Crippen LogP contribution is 2.23. The summed E-state index contributed by atoms with van der Waals surface area (Å²) in [6, 6.07) is 15.9. The van der Waals surface area contributed by atoms with Crippen molar-refractivity contribution in [1.82, 2.24) is 15.1 Å². The molecule has 2 fully saturated rings. The molecule has 2 N–H and O–H groups in total. The molecule has 166 valence electrons. The first-order chi connectivity index (χ1) is 15.1. The number of carbonyl (C=O) groups excluding carboxylic acids is 1. The SMILES string of the molecule is Cc1cccc(C(CNC(=O)N2CCN(c3cccc(O)c3)CC2)N2CCOCC2)c1. The van der Waals surface area contributed by atoms with Crippen LogP contribution < -0.4 is 10.2 Å². The molecule has 2 aromatic rings. The summed E-state index contributed by atoms with van der Waals surface area (Å²) in [7, 11) is 0. The lowest BCUT2D eigenvalue weighted by atomic mass is 10.0. The fourth-order valence-electron chi connectivity index (χ4n) is 4.38. The smallest absolute Gasteiger partial charge is 0.317 e. The van der Waals surface area contributed by atoms with Crippen molar-refractivity contribution in [2.24, 2.45) is 0 Å². The van der Waals surface area contributed by atoms with Gasteiger partial charge in [-0.15, -0.1) is 0 Å². The average Bonchev–Trinajstić information content (AvgIpc) is 2.80. The van der Waals surface area contributed by atoms with E-state index in [9.17, 15) is 9.90 Å². The molecule has 0 spiro atoms. The van der Waals surface area contributed by atoms with Crippen LogP contribution in [0.15, 0.2) is 48.5 Å². The monoisotopic (exact) mass is 424 g/mol. The van der Waals surface area contributed by atoms with E-state index in [2.05, 4.69) is 46.3 Å². The number of ether oxygens (including phenoxy) is 1. The first-order valence-corrected chi connectivity index (χ1v) is 11.1. The van der Waals surface area contributed by atoms with Gasteiger partial charge in [0.15, 0.2) is 0 Å². The number of hydrogen-bond donors (Lipinski definition) is 2. The first kappa shape index (κ1) is 21.5. The number of carbonyl (C=O) groups is 1. The summed E-state index contributed by atoms with van der Waals surface area (Å²) in [4.78, 5) is 19.4. The first-order valence-electron chi connectivity index (χ1n) is 11.1. The summed E-state index contributed by atoms with van der Waals surface area (Å²) in [5.74, 6) is 0.267. The lowest BCUT2D eigenvalue weighted by Crippen LogP contribution is -2.53. The number of phenolic OH excluding ortho intramolecular Hbond substituents is 1. The van der Waals surface area contributed by atoms with Crippen LogP contribution >= 0.6 is 0 Å². The third-order valence-electron chi connectivity index (χ3n) is 6.12. The molecule has 7 nitrogen and oxygen atoms in total. The molecule has 2 amide bonds. The van der Waals surface area contributed by atoms with E-state index in [-0.39, 0.29) is 17.8 Å². The van der Waals surface area contributed by atoms with Crippen LogP contribution in [-0.2, 0) is 4.74 Å². The Hall–Kier alpha value is -2.77. The summed E-state index contributed by atoms with van der Waals surface area (Å²) < 4.78 is 5.53. The number of rotatable bonds is 5. The number of nitrogens with one attached hydrogen (secondary N) is 1. The van der Waals surface area contributed by atoms with Gasteiger partial charge in [-0.1, -0.05) is 35.9 Å². The fourth-order valence-corrected chi connectivity index (χ4v) is 4.38. The Kier molecular flexibility index (Phi) is 6.94. The van der Waals surface area contributed by atoms with Gasteiger partial charge < -0.3 is 25.0 Å². The standard InChI is InChI=1S/C24H32N4O3/c1-19-4-2-5-20(16-19)23(27-12-14-31-15-13-27)18-25-24(30)28-10-8-26(9-11-28)21-6-3-7-22(29)17-21/h2-7,16-17,23,29H,8-15,18H2,1H3,(H,25,30). The van der Waals surface area contributed by atoms with Crippen LogP contribution in [0.1, 0.15) is 17.2 Å². The van der Waals surface area contributed by atoms with Gasteiger partial charge in [-0.3, -0.25) is 4.90 Å². The minimum atomic E-state index is -0.0125. The van der Waals surface area contributed by atoms with Crippen LogP contribution in [0.25, 0.3) is 0 Å². The van der Waals surface area contributed by atoms with E-state index < -0.39 is 0 Å². The summed E-state index contributed by atoms with van der Waals surface area (Å²) in [5, 5.41) is 12.9. The molecular formula is C24H32N4O3. The zero-order valence-corrected chi connectivity index (χ0v) is 18.2. The predicted octanol–water partition coefficient (Wildman–Crippen LogP) is 2.61. The number of nitrogens with zero attached hydrogens (tertiary/aromatic N) is 3. The molecule has 2 aliphatic rings. The molecule has 1 unspecified atom stereocenters. The third-order valence-corrected chi connectivity index (χ3v) is 6.12. The molecule has 2 aliphatic heterocycles. The number of phenols is 1. The van der Waals surface area contributed by atoms with Gasteiger partial charge in [0.1, 0.15) is 5.75 Å². The van der Waals surface area contributed by atoms with E-state index in [1.165, 1.54) is 11.1 Å². The Labute approximate surface area is 184 Å². The molecular weight excluding hydrogens is 392 g/mol. The molecule has 2 aromatic carbocycles. The quantitative estimate of drug-likeness (QED) is 0.772. The van der Waals surface area contributed by atoms with Crippen molar-refractivity contribution in [1.29, 1.82) is 0 Å². The van der Waals surface area contributed by atoms with E-state index in [1.54, 1.807) is 12.1 Å². The Morgan fingerprint density at radius 3 is 2.48 bits per heavy atom. The number of benzene rings is 2. The van der Waals surface area contributed by atoms with Gasteiger partial charge in [0.25, 0.3) is 0 Å². The number of anilines is 1. The van der Waals surface area contributed by atoms with E-state index in [0.717, 1.165) is 45.1 Å². The van der Waals surface area contributed by atoms with Gasteiger partial charge in [0.2, 0.25) is 0 Å². The second-order valence-corrected chi connectivity index (χ2v) is 8.26. The van der Waals surface area contributed by atoms with Gasteiger partial charge in [0.05, 0.1) is 19.3 Å². The maximum absolute atomic E-state index is 12.9. The summed E-state index contributed by atoms with van der Waals surface area (Å²) in [5.41, 5.74) is 3.45. The van der Waals surface area contributed by atoms with Crippen molar-refractivity contribution < 1.29 is 14.6 Å². The molecule has 2 heterocycles. The number of amides is 2. The average molecular weight is 425 g/mol. The maximum Gasteiger partial charge on any atom is 0.317 e. The number of aromatic hydroxyl groups is 1. The zero-order chi connectivity index (χ0) is 21.6. The van der Waals surface area contributed by atoms with Crippen molar-refractivity contribution in [2.45, 2.75) is 13.0 Å². The van der Waals surface area contributed by atoms with Gasteiger partial charge in [0, 0.05) is 57.6 Å². The Balaban J connectivity index is 1.34. The highest BCUT2D eigenvalue weighted by Gasteiger charge is 2.26. The second-order valence-electron chi connectivity index (χ2n) is 8.26. The van der Waals surface area contributed by atoms with Crippen LogP contribution in [0, 0.1) is 6.92 Å². The van der Waals surface area contributed by atoms with Crippen molar-refractivity contribution in [3.8, 4) is 5.75 Å². The minimum Gasteiger partial charge on any atom is -0.508 e. The second kappa shape index (κ2) is 10.0. The fraction of sp³-hybridized carbons (Fsp3) is 0.458. The maximum atomic E-state index is 12.9. The number of piperazine rings is 1. The third kappa shape index (κ3) is 5.48. The van der Waals surface area contributed by atoms with Gasteiger partial charge >= 0.3 is 6.03 Å². The van der Waals surface area contributed by atoms with Gasteiger partial charge in [-0.25, -0.2) is 4.79 Å². The van der Waals surface area contributed by atoms with Gasteiger partial charge in [-0.05, 0) is 24.6 Å². The number of aryl methyl sites for hydroxylation is 1. The Morgan fingerprint density at radius 2 is 1.77 bits per heavy atom. The van der Waals surface area contributed by atoms with Crippen LogP contribution in [0.4, 0.5) is 10.5 Å². The molecule has 0 aromatic heterocycles. The topological polar surface area (TPSA) is 68.3 Å². The van der Waals surface area contributed by atoms with Crippen molar-refractivity contribution in [3.05, 3.63) is 59.7 Å². The Morgan fingerprint density at radius 1 is 1.03 bits per heavy atom. The molecule has 1 atom stereocenters. The Bertz CT molecular complexity index is 877. The van der Waals surface area contributed by atoms with Crippen LogP contribution in [0.2, 0.25) is 0 Å². The van der Waals surface area contributed by atoms with Crippen molar-refractivity contribution in [2.75, 3.05) is 63.9 Å². The molecule has 2 saturated heterocycles. The molecule has 4 rings (SSSR count). The molecule has 0 bridgehead atoms. The van der Waals surface area contributed by atoms with E-state index in [0.29, 0.717) is 19.6 Å². The molecule has 0 saturated carbocycles. The van der Waals surface area contributed by atoms with E-state index >= 15 is 0 Å². The molecule has 7 heteroatoms. The van der Waals surface area contributed by atoms with E-state index in [4.69, 9.17) is 4.74 Å². The largest absolute Gasteiger partial charge is 0.508 e.